The second-order valence-corrected chi connectivity index (χ2v) is 8.56. The van der Waals surface area contributed by atoms with Gasteiger partial charge in [-0.05, 0) is 39.4 Å². The van der Waals surface area contributed by atoms with E-state index in [1.54, 1.807) is 6.92 Å². The first kappa shape index (κ1) is 22.2. The molecule has 4 atom stereocenters. The van der Waals surface area contributed by atoms with Crippen molar-refractivity contribution in [3.63, 3.8) is 0 Å². The molecule has 0 aromatic heterocycles. The van der Waals surface area contributed by atoms with Gasteiger partial charge < -0.3 is 20.0 Å². The molecule has 1 amide bonds. The highest BCUT2D eigenvalue weighted by Gasteiger charge is 2.59. The van der Waals surface area contributed by atoms with Crippen LogP contribution in [0.5, 0.6) is 0 Å². The van der Waals surface area contributed by atoms with Crippen molar-refractivity contribution in [2.75, 3.05) is 20.1 Å². The van der Waals surface area contributed by atoms with Gasteiger partial charge >= 0.3 is 5.97 Å². The summed E-state index contributed by atoms with van der Waals surface area (Å²) in [5, 5.41) is 19.6. The maximum absolute atomic E-state index is 12.4. The van der Waals surface area contributed by atoms with Crippen LogP contribution in [-0.2, 0) is 9.59 Å². The van der Waals surface area contributed by atoms with Gasteiger partial charge in [0, 0.05) is 24.4 Å². The second kappa shape index (κ2) is 8.70. The molecular formula is C23H30N2O5. The second-order valence-electron chi connectivity index (χ2n) is 8.56. The Morgan fingerprint density at radius 2 is 1.87 bits per heavy atom. The third-order valence-corrected chi connectivity index (χ3v) is 6.28. The minimum absolute atomic E-state index is 0.0528. The molecule has 2 aliphatic heterocycles. The zero-order valence-electron chi connectivity index (χ0n) is 18.0. The number of aliphatic carboxylic acids is 1. The lowest BCUT2D eigenvalue weighted by molar-refractivity contribution is -0.163. The van der Waals surface area contributed by atoms with E-state index >= 15 is 0 Å². The van der Waals surface area contributed by atoms with Gasteiger partial charge in [0.2, 0.25) is 5.91 Å². The molecule has 1 aromatic rings. The maximum Gasteiger partial charge on any atom is 0.352 e. The summed E-state index contributed by atoms with van der Waals surface area (Å²) >= 11 is 0. The fraction of sp³-hybridized carbons (Fsp3) is 0.522. The van der Waals surface area contributed by atoms with Crippen LogP contribution >= 0.6 is 0 Å². The number of hydrogen-bond acceptors (Lipinski definition) is 5. The van der Waals surface area contributed by atoms with Gasteiger partial charge in [0.15, 0.2) is 5.78 Å². The van der Waals surface area contributed by atoms with Crippen molar-refractivity contribution in [2.45, 2.75) is 45.8 Å². The Bertz CT molecular complexity index is 874. The van der Waals surface area contributed by atoms with Crippen LogP contribution in [0.15, 0.2) is 35.5 Å². The number of Topliss-reactive ketones (excluding diaryl/α,β-unsaturated/α-hetero) is 1. The van der Waals surface area contributed by atoms with Gasteiger partial charge in [-0.1, -0.05) is 36.8 Å². The number of likely N-dealkylation sites (N-methyl/N-ethyl adjacent to an activating group) is 1. The van der Waals surface area contributed by atoms with E-state index in [9.17, 15) is 24.6 Å². The van der Waals surface area contributed by atoms with Gasteiger partial charge in [-0.2, -0.15) is 0 Å². The first-order chi connectivity index (χ1) is 14.1. The highest BCUT2D eigenvalue weighted by Crippen LogP contribution is 2.47. The van der Waals surface area contributed by atoms with Gasteiger partial charge in [0.25, 0.3) is 0 Å². The van der Waals surface area contributed by atoms with Crippen LogP contribution in [0, 0.1) is 18.8 Å². The number of β-lactam (4-membered cyclic amide) rings is 1. The lowest BCUT2D eigenvalue weighted by Crippen LogP contribution is -2.63. The number of nitrogens with zero attached hydrogens (tertiary/aromatic N) is 2. The summed E-state index contributed by atoms with van der Waals surface area (Å²) in [6, 6.07) is 7.23. The van der Waals surface area contributed by atoms with Crippen LogP contribution in [-0.4, -0.2) is 70.0 Å². The summed E-state index contributed by atoms with van der Waals surface area (Å²) in [6.45, 7) is 6.52. The average Bonchev–Trinajstić information content (AvgIpc) is 2.91. The number of ketones is 1. The van der Waals surface area contributed by atoms with Gasteiger partial charge in [0.05, 0.1) is 18.1 Å². The fourth-order valence-electron chi connectivity index (χ4n) is 4.62. The Labute approximate surface area is 177 Å². The molecule has 0 spiro atoms. The van der Waals surface area contributed by atoms with E-state index in [0.29, 0.717) is 37.1 Å². The minimum atomic E-state index is -1.11. The van der Waals surface area contributed by atoms with Crippen molar-refractivity contribution >= 4 is 17.7 Å². The van der Waals surface area contributed by atoms with E-state index in [-0.39, 0.29) is 29.3 Å². The predicted octanol–water partition coefficient (Wildman–Crippen LogP) is 2.09. The Kier molecular flexibility index (Phi) is 6.43. The Hall–Kier alpha value is -2.51. The number of carbonyl (C=O) groups is 3. The molecule has 30 heavy (non-hydrogen) atoms. The molecule has 1 saturated heterocycles. The van der Waals surface area contributed by atoms with E-state index in [2.05, 4.69) is 0 Å². The number of benzene rings is 1. The third kappa shape index (κ3) is 4.04. The van der Waals surface area contributed by atoms with Crippen LogP contribution in [0.2, 0.25) is 0 Å². The lowest BCUT2D eigenvalue weighted by atomic mass is 9.77. The molecule has 0 bridgehead atoms. The number of rotatable bonds is 9. The summed E-state index contributed by atoms with van der Waals surface area (Å²) in [6.07, 6.45) is 0.280. The lowest BCUT2D eigenvalue weighted by Gasteiger charge is -2.46. The number of aryl methyl sites for hydroxylation is 1. The zero-order valence-corrected chi connectivity index (χ0v) is 18.0. The van der Waals surface area contributed by atoms with Gasteiger partial charge in [-0.3, -0.25) is 9.59 Å². The Morgan fingerprint density at radius 1 is 1.23 bits per heavy atom. The quantitative estimate of drug-likeness (QED) is 0.474. The summed E-state index contributed by atoms with van der Waals surface area (Å²) in [5.41, 5.74) is 2.57. The SMILES string of the molecule is Cc1ccc(C(=O)CCCN(C)CC2=C(C(=O)O)N3C(=O)[C@H]([C@@H](C)O)[C@H]3[C@H]2C)cc1. The summed E-state index contributed by atoms with van der Waals surface area (Å²) < 4.78 is 0. The van der Waals surface area contributed by atoms with Crippen molar-refractivity contribution in [3.05, 3.63) is 46.7 Å². The molecule has 0 radical (unpaired) electrons. The third-order valence-electron chi connectivity index (χ3n) is 6.28. The van der Waals surface area contributed by atoms with E-state index in [1.165, 1.54) is 4.90 Å². The molecule has 0 saturated carbocycles. The molecule has 7 nitrogen and oxygen atoms in total. The smallest absolute Gasteiger partial charge is 0.352 e. The topological polar surface area (TPSA) is 98.2 Å². The highest BCUT2D eigenvalue weighted by atomic mass is 16.4. The van der Waals surface area contributed by atoms with E-state index in [4.69, 9.17) is 0 Å². The molecule has 162 valence electrons. The molecule has 7 heteroatoms. The van der Waals surface area contributed by atoms with Crippen LogP contribution in [0.1, 0.15) is 42.6 Å². The molecule has 1 aromatic carbocycles. The van der Waals surface area contributed by atoms with Crippen molar-refractivity contribution in [2.24, 2.45) is 11.8 Å². The summed E-state index contributed by atoms with van der Waals surface area (Å²) in [5.74, 6) is -2.02. The van der Waals surface area contributed by atoms with Crippen LogP contribution < -0.4 is 0 Å². The number of aliphatic hydroxyl groups excluding tert-OH is 1. The zero-order chi connectivity index (χ0) is 22.2. The molecule has 2 heterocycles. The fourth-order valence-corrected chi connectivity index (χ4v) is 4.62. The molecular weight excluding hydrogens is 384 g/mol. The van der Waals surface area contributed by atoms with Gasteiger partial charge in [0.1, 0.15) is 5.70 Å². The normalized spacial score (nSPS) is 24.1. The average molecular weight is 415 g/mol. The molecule has 0 aliphatic carbocycles. The number of amides is 1. The van der Waals surface area contributed by atoms with Crippen molar-refractivity contribution in [1.82, 2.24) is 9.80 Å². The van der Waals surface area contributed by atoms with Crippen LogP contribution in [0.3, 0.4) is 0 Å². The Balaban J connectivity index is 1.60. The monoisotopic (exact) mass is 414 g/mol. The number of fused-ring (bicyclic) bond motifs is 1. The van der Waals surface area contributed by atoms with Crippen LogP contribution in [0.25, 0.3) is 0 Å². The first-order valence-corrected chi connectivity index (χ1v) is 10.4. The van der Waals surface area contributed by atoms with E-state index in [0.717, 1.165) is 5.56 Å². The van der Waals surface area contributed by atoms with Crippen molar-refractivity contribution in [1.29, 1.82) is 0 Å². The minimum Gasteiger partial charge on any atom is -0.477 e. The number of hydrogen-bond donors (Lipinski definition) is 2. The molecule has 3 rings (SSSR count). The standard InChI is InChI=1S/C23H30N2O5/c1-13-7-9-16(10-8-13)18(27)6-5-11-24(4)12-17-14(2)20-19(15(3)26)22(28)25(20)21(17)23(29)30/h7-10,14-15,19-20,26H,5-6,11-12H2,1-4H3,(H,29,30)/t14-,15+,19+,20+/m0/s1. The van der Waals surface area contributed by atoms with Crippen LogP contribution in [0.4, 0.5) is 0 Å². The van der Waals surface area contributed by atoms with Crippen molar-refractivity contribution < 1.29 is 24.6 Å². The molecule has 1 fully saturated rings. The molecule has 2 N–H and O–H groups in total. The first-order valence-electron chi connectivity index (χ1n) is 10.4. The molecule has 2 aliphatic rings. The van der Waals surface area contributed by atoms with Gasteiger partial charge in [-0.25, -0.2) is 4.79 Å². The number of carboxylic acid groups (broad SMARTS) is 1. The van der Waals surface area contributed by atoms with Crippen molar-refractivity contribution in [3.8, 4) is 0 Å². The largest absolute Gasteiger partial charge is 0.477 e. The number of carbonyl (C=O) groups excluding carboxylic acids is 2. The Morgan fingerprint density at radius 3 is 2.43 bits per heavy atom. The maximum atomic E-state index is 12.4. The number of aliphatic hydroxyl groups is 1. The van der Waals surface area contributed by atoms with E-state index in [1.807, 2.05) is 50.1 Å². The summed E-state index contributed by atoms with van der Waals surface area (Å²) in [4.78, 5) is 39.9. The molecule has 0 unspecified atom stereocenters. The predicted molar refractivity (Wildman–Crippen MR) is 112 cm³/mol. The highest BCUT2D eigenvalue weighted by molar-refractivity contribution is 6.00. The number of carboxylic acids is 1. The van der Waals surface area contributed by atoms with Gasteiger partial charge in [-0.15, -0.1) is 0 Å². The summed E-state index contributed by atoms with van der Waals surface area (Å²) in [7, 11) is 1.89. The van der Waals surface area contributed by atoms with E-state index < -0.39 is 18.0 Å².